The van der Waals surface area contributed by atoms with E-state index in [0.29, 0.717) is 33.1 Å². The van der Waals surface area contributed by atoms with Crippen molar-refractivity contribution in [3.05, 3.63) is 75.4 Å². The lowest BCUT2D eigenvalue weighted by molar-refractivity contribution is 0.246. The highest BCUT2D eigenvalue weighted by Gasteiger charge is 2.30. The van der Waals surface area contributed by atoms with Gasteiger partial charge in [-0.15, -0.1) is 0 Å². The molecule has 0 spiro atoms. The summed E-state index contributed by atoms with van der Waals surface area (Å²) in [5.74, 6) is 1.22. The second-order valence-corrected chi connectivity index (χ2v) is 5.95. The smallest absolute Gasteiger partial charge is 0.200 e. The maximum atomic E-state index is 13.0. The molecule has 3 aromatic rings. The largest absolute Gasteiger partial charge is 0.481 e. The monoisotopic (exact) mass is 324 g/mol. The Morgan fingerprint density at radius 3 is 2.83 bits per heavy atom. The Balaban J connectivity index is 2.16. The highest BCUT2D eigenvalue weighted by Crippen LogP contribution is 2.42. The van der Waals surface area contributed by atoms with E-state index in [4.69, 9.17) is 20.8 Å². The van der Waals surface area contributed by atoms with Gasteiger partial charge in [-0.3, -0.25) is 4.79 Å². The fourth-order valence-corrected chi connectivity index (χ4v) is 3.07. The summed E-state index contributed by atoms with van der Waals surface area (Å²) < 4.78 is 12.0. The van der Waals surface area contributed by atoms with Gasteiger partial charge in [-0.2, -0.15) is 0 Å². The average molecular weight is 325 g/mol. The Kier molecular flexibility index (Phi) is 3.06. The maximum absolute atomic E-state index is 13.0. The SMILES string of the molecule is C=CC1Oc2ccccc2-c2oc3cc(C)c(Cl)cc3c(=O)c21. The summed E-state index contributed by atoms with van der Waals surface area (Å²) in [5.41, 5.74) is 2.49. The normalized spacial score (nSPS) is 15.7. The van der Waals surface area contributed by atoms with Gasteiger partial charge in [0.2, 0.25) is 5.43 Å². The number of fused-ring (bicyclic) bond motifs is 4. The lowest BCUT2D eigenvalue weighted by Crippen LogP contribution is -2.21. The van der Waals surface area contributed by atoms with E-state index in [9.17, 15) is 4.79 Å². The molecule has 1 aliphatic rings. The molecule has 0 amide bonds. The van der Waals surface area contributed by atoms with E-state index in [-0.39, 0.29) is 5.43 Å². The van der Waals surface area contributed by atoms with Crippen molar-refractivity contribution < 1.29 is 9.15 Å². The van der Waals surface area contributed by atoms with Gasteiger partial charge in [0.1, 0.15) is 23.2 Å². The second kappa shape index (κ2) is 5.00. The minimum absolute atomic E-state index is 0.137. The van der Waals surface area contributed by atoms with E-state index >= 15 is 0 Å². The zero-order valence-corrected chi connectivity index (χ0v) is 13.2. The van der Waals surface area contributed by atoms with Crippen molar-refractivity contribution in [2.45, 2.75) is 13.0 Å². The first kappa shape index (κ1) is 14.1. The molecule has 0 bridgehead atoms. The van der Waals surface area contributed by atoms with Crippen LogP contribution in [0.2, 0.25) is 5.02 Å². The maximum Gasteiger partial charge on any atom is 0.200 e. The van der Waals surface area contributed by atoms with Crippen LogP contribution in [-0.2, 0) is 0 Å². The van der Waals surface area contributed by atoms with Crippen molar-refractivity contribution in [3.63, 3.8) is 0 Å². The molecule has 0 N–H and O–H groups in total. The molecule has 0 saturated carbocycles. The van der Waals surface area contributed by atoms with Crippen molar-refractivity contribution in [1.29, 1.82) is 0 Å². The van der Waals surface area contributed by atoms with E-state index in [2.05, 4.69) is 6.58 Å². The van der Waals surface area contributed by atoms with E-state index in [1.54, 1.807) is 18.2 Å². The van der Waals surface area contributed by atoms with Gasteiger partial charge in [0.25, 0.3) is 0 Å². The van der Waals surface area contributed by atoms with E-state index in [1.807, 2.05) is 31.2 Å². The van der Waals surface area contributed by atoms with Gasteiger partial charge in [0, 0.05) is 5.02 Å². The molecule has 1 aromatic heterocycles. The number of ether oxygens (including phenoxy) is 1. The predicted molar refractivity (Wildman–Crippen MR) is 91.2 cm³/mol. The molecular formula is C19H13ClO3. The van der Waals surface area contributed by atoms with Gasteiger partial charge in [0.05, 0.1) is 16.5 Å². The first-order valence-corrected chi connectivity index (χ1v) is 7.63. The molecule has 1 unspecified atom stereocenters. The van der Waals surface area contributed by atoms with Crippen LogP contribution in [0.5, 0.6) is 5.75 Å². The molecule has 2 heterocycles. The third-order valence-electron chi connectivity index (χ3n) is 4.09. The third kappa shape index (κ3) is 2.01. The molecule has 2 aromatic carbocycles. The Morgan fingerprint density at radius 2 is 2.04 bits per heavy atom. The standard InChI is InChI=1S/C19H13ClO3/c1-3-14-17-18(21)12-9-13(20)10(2)8-16(12)23-19(17)11-6-4-5-7-15(11)22-14/h3-9,14H,1H2,2H3. The molecule has 0 fully saturated rings. The van der Waals surface area contributed by atoms with Crippen molar-refractivity contribution >= 4 is 22.6 Å². The number of benzene rings is 2. The van der Waals surface area contributed by atoms with Crippen LogP contribution in [0.3, 0.4) is 0 Å². The van der Waals surface area contributed by atoms with Gasteiger partial charge in [-0.1, -0.05) is 30.3 Å². The van der Waals surface area contributed by atoms with Crippen LogP contribution in [0.15, 0.2) is 58.3 Å². The molecule has 114 valence electrons. The highest BCUT2D eigenvalue weighted by molar-refractivity contribution is 6.32. The number of aryl methyl sites for hydroxylation is 1. The van der Waals surface area contributed by atoms with Crippen molar-refractivity contribution in [2.24, 2.45) is 0 Å². The Labute approximate surface area is 137 Å². The number of hydrogen-bond donors (Lipinski definition) is 0. The van der Waals surface area contributed by atoms with Crippen molar-refractivity contribution in [2.75, 3.05) is 0 Å². The molecule has 4 heteroatoms. The summed E-state index contributed by atoms with van der Waals surface area (Å²) in [6.45, 7) is 5.66. The Morgan fingerprint density at radius 1 is 1.26 bits per heavy atom. The van der Waals surface area contributed by atoms with Crippen LogP contribution >= 0.6 is 11.6 Å². The van der Waals surface area contributed by atoms with Gasteiger partial charge in [0.15, 0.2) is 0 Å². The zero-order valence-electron chi connectivity index (χ0n) is 12.4. The summed E-state index contributed by atoms with van der Waals surface area (Å²) in [6, 6.07) is 10.9. The fourth-order valence-electron chi connectivity index (χ4n) is 2.91. The minimum Gasteiger partial charge on any atom is -0.481 e. The number of rotatable bonds is 1. The third-order valence-corrected chi connectivity index (χ3v) is 4.50. The predicted octanol–water partition coefficient (Wildman–Crippen LogP) is 5.04. The molecule has 0 aliphatic carbocycles. The van der Waals surface area contributed by atoms with Crippen molar-refractivity contribution in [1.82, 2.24) is 0 Å². The molecular weight excluding hydrogens is 312 g/mol. The first-order valence-electron chi connectivity index (χ1n) is 7.25. The molecule has 0 saturated heterocycles. The molecule has 1 atom stereocenters. The second-order valence-electron chi connectivity index (χ2n) is 5.54. The van der Waals surface area contributed by atoms with Gasteiger partial charge < -0.3 is 9.15 Å². The lowest BCUT2D eigenvalue weighted by Gasteiger charge is -2.25. The molecule has 23 heavy (non-hydrogen) atoms. The number of para-hydroxylation sites is 1. The fraction of sp³-hybridized carbons (Fsp3) is 0.105. The molecule has 3 nitrogen and oxygen atoms in total. The van der Waals surface area contributed by atoms with Crippen LogP contribution < -0.4 is 10.2 Å². The summed E-state index contributed by atoms with van der Waals surface area (Å²) in [5, 5.41) is 0.992. The van der Waals surface area contributed by atoms with Crippen LogP contribution in [-0.4, -0.2) is 0 Å². The van der Waals surface area contributed by atoms with Gasteiger partial charge >= 0.3 is 0 Å². The van der Waals surface area contributed by atoms with Crippen LogP contribution in [0.25, 0.3) is 22.3 Å². The summed E-state index contributed by atoms with van der Waals surface area (Å²) in [4.78, 5) is 13.0. The molecule has 0 radical (unpaired) electrons. The quantitative estimate of drug-likeness (QED) is 0.588. The Hall–Kier alpha value is -2.52. The molecule has 4 rings (SSSR count). The lowest BCUT2D eigenvalue weighted by atomic mass is 9.96. The first-order chi connectivity index (χ1) is 11.1. The van der Waals surface area contributed by atoms with Crippen LogP contribution in [0.1, 0.15) is 17.2 Å². The van der Waals surface area contributed by atoms with Crippen LogP contribution in [0.4, 0.5) is 0 Å². The zero-order chi connectivity index (χ0) is 16.1. The Bertz CT molecular complexity index is 1020. The minimum atomic E-state index is -0.541. The number of halogens is 1. The van der Waals surface area contributed by atoms with E-state index < -0.39 is 6.10 Å². The van der Waals surface area contributed by atoms with Gasteiger partial charge in [-0.05, 0) is 42.8 Å². The van der Waals surface area contributed by atoms with E-state index in [0.717, 1.165) is 11.1 Å². The van der Waals surface area contributed by atoms with Crippen LogP contribution in [0, 0.1) is 6.92 Å². The average Bonchev–Trinajstić information content (AvgIpc) is 2.56. The number of hydrogen-bond acceptors (Lipinski definition) is 3. The van der Waals surface area contributed by atoms with E-state index in [1.165, 1.54) is 0 Å². The summed E-state index contributed by atoms with van der Waals surface area (Å²) >= 11 is 6.16. The topological polar surface area (TPSA) is 39.4 Å². The highest BCUT2D eigenvalue weighted by atomic mass is 35.5. The molecule has 1 aliphatic heterocycles. The summed E-state index contributed by atoms with van der Waals surface area (Å²) in [6.07, 6.45) is 1.06. The van der Waals surface area contributed by atoms with Gasteiger partial charge in [-0.25, -0.2) is 0 Å². The summed E-state index contributed by atoms with van der Waals surface area (Å²) in [7, 11) is 0. The van der Waals surface area contributed by atoms with Crippen molar-refractivity contribution in [3.8, 4) is 17.1 Å².